The molecule has 1 fully saturated rings. The molecule has 21 heavy (non-hydrogen) atoms. The first-order valence-electron chi connectivity index (χ1n) is 7.35. The number of nitrogens with one attached hydrogen (secondary N) is 1. The Morgan fingerprint density at radius 3 is 2.48 bits per heavy atom. The lowest BCUT2D eigenvalue weighted by atomic mass is 9.79. The minimum atomic E-state index is -0.445. The molecular weight excluding hydrogens is 288 g/mol. The fourth-order valence-corrected chi connectivity index (χ4v) is 2.72. The molecule has 3 N–H and O–H groups in total. The van der Waals surface area contributed by atoms with E-state index in [1.54, 1.807) is 0 Å². The van der Waals surface area contributed by atoms with E-state index < -0.39 is 5.41 Å². The third-order valence-corrected chi connectivity index (χ3v) is 4.26. The molecular formula is C16H25ClN2O2. The highest BCUT2D eigenvalue weighted by Crippen LogP contribution is 2.29. The number of halogens is 1. The standard InChI is InChI=1S/C16H24N2O2.ClH/c1-2-13-5-3-4-6-14(13)11-18-15(19)16(12-17)7-9-20-10-8-16;/h3-6H,2,7-12,17H2,1H3,(H,18,19);1H. The Kier molecular flexibility index (Phi) is 7.15. The number of aryl methyl sites for hydroxylation is 1. The number of amides is 1. The van der Waals surface area contributed by atoms with Crippen LogP contribution in [0, 0.1) is 5.41 Å². The van der Waals surface area contributed by atoms with Crippen molar-refractivity contribution in [2.24, 2.45) is 11.1 Å². The van der Waals surface area contributed by atoms with Crippen molar-refractivity contribution in [3.8, 4) is 0 Å². The lowest BCUT2D eigenvalue weighted by Crippen LogP contribution is -2.49. The van der Waals surface area contributed by atoms with Crippen LogP contribution in [-0.2, 0) is 22.5 Å². The van der Waals surface area contributed by atoms with Gasteiger partial charge >= 0.3 is 0 Å². The molecule has 118 valence electrons. The maximum absolute atomic E-state index is 12.5. The predicted octanol–water partition coefficient (Wildman–Crippen LogP) is 2.04. The molecule has 1 aliphatic heterocycles. The molecule has 0 aromatic heterocycles. The summed E-state index contributed by atoms with van der Waals surface area (Å²) in [5.41, 5.74) is 7.86. The second kappa shape index (κ2) is 8.37. The van der Waals surface area contributed by atoms with Crippen LogP contribution in [0.5, 0.6) is 0 Å². The number of nitrogens with two attached hydrogens (primary N) is 1. The molecule has 0 saturated carbocycles. The fraction of sp³-hybridized carbons (Fsp3) is 0.562. The van der Waals surface area contributed by atoms with Crippen LogP contribution in [0.4, 0.5) is 0 Å². The maximum atomic E-state index is 12.5. The predicted molar refractivity (Wildman–Crippen MR) is 86.5 cm³/mol. The van der Waals surface area contributed by atoms with Crippen molar-refractivity contribution < 1.29 is 9.53 Å². The van der Waals surface area contributed by atoms with Crippen LogP contribution in [0.15, 0.2) is 24.3 Å². The quantitative estimate of drug-likeness (QED) is 0.874. The maximum Gasteiger partial charge on any atom is 0.227 e. The summed E-state index contributed by atoms with van der Waals surface area (Å²) in [4.78, 5) is 12.5. The topological polar surface area (TPSA) is 64.4 Å². The number of hydrogen-bond donors (Lipinski definition) is 2. The third kappa shape index (κ3) is 4.19. The lowest BCUT2D eigenvalue weighted by Gasteiger charge is -2.34. The van der Waals surface area contributed by atoms with Crippen LogP contribution >= 0.6 is 12.4 Å². The molecule has 1 aromatic rings. The Balaban J connectivity index is 0.00000220. The first-order valence-corrected chi connectivity index (χ1v) is 7.35. The van der Waals surface area contributed by atoms with Crippen molar-refractivity contribution in [1.29, 1.82) is 0 Å². The SMILES string of the molecule is CCc1ccccc1CNC(=O)C1(CN)CCOCC1.Cl. The van der Waals surface area contributed by atoms with E-state index in [1.165, 1.54) is 11.1 Å². The van der Waals surface area contributed by atoms with Gasteiger partial charge in [0.05, 0.1) is 5.41 Å². The molecule has 0 bridgehead atoms. The van der Waals surface area contributed by atoms with Gasteiger partial charge in [-0.3, -0.25) is 4.79 Å². The first kappa shape index (κ1) is 18.0. The van der Waals surface area contributed by atoms with E-state index in [1.807, 2.05) is 12.1 Å². The molecule has 1 amide bonds. The van der Waals surface area contributed by atoms with E-state index in [-0.39, 0.29) is 18.3 Å². The largest absolute Gasteiger partial charge is 0.381 e. The average Bonchev–Trinajstić information content (AvgIpc) is 2.53. The van der Waals surface area contributed by atoms with Crippen LogP contribution in [-0.4, -0.2) is 25.7 Å². The zero-order valence-corrected chi connectivity index (χ0v) is 13.4. The molecule has 4 nitrogen and oxygen atoms in total. The Morgan fingerprint density at radius 2 is 1.90 bits per heavy atom. The van der Waals surface area contributed by atoms with E-state index in [9.17, 15) is 4.79 Å². The summed E-state index contributed by atoms with van der Waals surface area (Å²) >= 11 is 0. The monoisotopic (exact) mass is 312 g/mol. The summed E-state index contributed by atoms with van der Waals surface area (Å²) in [7, 11) is 0. The van der Waals surface area contributed by atoms with Crippen molar-refractivity contribution in [3.63, 3.8) is 0 Å². The highest BCUT2D eigenvalue weighted by atomic mass is 35.5. The van der Waals surface area contributed by atoms with E-state index in [2.05, 4.69) is 24.4 Å². The molecule has 1 aromatic carbocycles. The summed E-state index contributed by atoms with van der Waals surface area (Å²) in [5.74, 6) is 0.0641. The van der Waals surface area contributed by atoms with E-state index in [0.717, 1.165) is 6.42 Å². The zero-order chi connectivity index (χ0) is 14.4. The Hall–Kier alpha value is -1.10. The zero-order valence-electron chi connectivity index (χ0n) is 12.6. The number of carbonyl (C=O) groups excluding carboxylic acids is 1. The number of rotatable bonds is 5. The molecule has 0 radical (unpaired) electrons. The summed E-state index contributed by atoms with van der Waals surface area (Å²) in [6.07, 6.45) is 2.40. The van der Waals surface area contributed by atoms with Gasteiger partial charge in [0.25, 0.3) is 0 Å². The van der Waals surface area contributed by atoms with Gasteiger partial charge in [0, 0.05) is 26.3 Å². The van der Waals surface area contributed by atoms with E-state index in [4.69, 9.17) is 10.5 Å². The van der Waals surface area contributed by atoms with E-state index >= 15 is 0 Å². The minimum Gasteiger partial charge on any atom is -0.381 e. The number of ether oxygens (including phenoxy) is 1. The van der Waals surface area contributed by atoms with Crippen LogP contribution in [0.25, 0.3) is 0 Å². The van der Waals surface area contributed by atoms with Gasteiger partial charge < -0.3 is 15.8 Å². The normalized spacial score (nSPS) is 16.9. The second-order valence-electron chi connectivity index (χ2n) is 5.40. The number of carbonyl (C=O) groups is 1. The Labute approximate surface area is 132 Å². The van der Waals surface area contributed by atoms with Crippen LogP contribution in [0.3, 0.4) is 0 Å². The molecule has 0 spiro atoms. The highest BCUT2D eigenvalue weighted by molar-refractivity contribution is 5.85. The number of benzene rings is 1. The van der Waals surface area contributed by atoms with Gasteiger partial charge in [-0.05, 0) is 30.4 Å². The van der Waals surface area contributed by atoms with Gasteiger partial charge in [-0.1, -0.05) is 31.2 Å². The van der Waals surface area contributed by atoms with Crippen LogP contribution in [0.2, 0.25) is 0 Å². The second-order valence-corrected chi connectivity index (χ2v) is 5.40. The molecule has 1 saturated heterocycles. The first-order chi connectivity index (χ1) is 9.72. The van der Waals surface area contributed by atoms with Gasteiger partial charge in [0.15, 0.2) is 0 Å². The third-order valence-electron chi connectivity index (χ3n) is 4.26. The molecule has 0 atom stereocenters. The molecule has 1 aliphatic rings. The van der Waals surface area contributed by atoms with Crippen molar-refractivity contribution in [2.45, 2.75) is 32.7 Å². The van der Waals surface area contributed by atoms with Crippen molar-refractivity contribution >= 4 is 18.3 Å². The summed E-state index contributed by atoms with van der Waals surface area (Å²) < 4.78 is 5.34. The Bertz CT molecular complexity index is 459. The van der Waals surface area contributed by atoms with Gasteiger partial charge in [0.2, 0.25) is 5.91 Å². The van der Waals surface area contributed by atoms with Crippen LogP contribution < -0.4 is 11.1 Å². The number of hydrogen-bond acceptors (Lipinski definition) is 3. The van der Waals surface area contributed by atoms with Gasteiger partial charge in [-0.2, -0.15) is 0 Å². The molecule has 1 heterocycles. The highest BCUT2D eigenvalue weighted by Gasteiger charge is 2.38. The minimum absolute atomic E-state index is 0. The lowest BCUT2D eigenvalue weighted by molar-refractivity contribution is -0.136. The molecule has 5 heteroatoms. The van der Waals surface area contributed by atoms with Crippen molar-refractivity contribution in [3.05, 3.63) is 35.4 Å². The van der Waals surface area contributed by atoms with Gasteiger partial charge in [-0.15, -0.1) is 12.4 Å². The smallest absolute Gasteiger partial charge is 0.227 e. The summed E-state index contributed by atoms with van der Waals surface area (Å²) in [5, 5.41) is 3.06. The Morgan fingerprint density at radius 1 is 1.29 bits per heavy atom. The van der Waals surface area contributed by atoms with Gasteiger partial charge in [-0.25, -0.2) is 0 Å². The summed E-state index contributed by atoms with van der Waals surface area (Å²) in [6.45, 7) is 4.33. The van der Waals surface area contributed by atoms with Crippen molar-refractivity contribution in [2.75, 3.05) is 19.8 Å². The van der Waals surface area contributed by atoms with Gasteiger partial charge in [0.1, 0.15) is 0 Å². The van der Waals surface area contributed by atoms with Crippen molar-refractivity contribution in [1.82, 2.24) is 5.32 Å². The average molecular weight is 313 g/mol. The van der Waals surface area contributed by atoms with Crippen LogP contribution in [0.1, 0.15) is 30.9 Å². The fourth-order valence-electron chi connectivity index (χ4n) is 2.72. The molecule has 0 unspecified atom stereocenters. The molecule has 0 aliphatic carbocycles. The molecule has 2 rings (SSSR count). The summed E-state index contributed by atoms with van der Waals surface area (Å²) in [6, 6.07) is 8.21. The van der Waals surface area contributed by atoms with E-state index in [0.29, 0.717) is 39.1 Å².